The van der Waals surface area contributed by atoms with E-state index in [-0.39, 0.29) is 17.5 Å². The zero-order valence-electron chi connectivity index (χ0n) is 23.4. The Kier molecular flexibility index (Phi) is 9.01. The molecule has 2 aromatic heterocycles. The van der Waals surface area contributed by atoms with E-state index in [2.05, 4.69) is 30.6 Å². The largest absolute Gasteiger partial charge is 0.444 e. The minimum Gasteiger partial charge on any atom is -0.444 e. The van der Waals surface area contributed by atoms with Gasteiger partial charge in [0.15, 0.2) is 0 Å². The first-order chi connectivity index (χ1) is 19.9. The average molecular weight is 582 g/mol. The molecule has 1 aliphatic rings. The number of nitrogens with zero attached hydrogens (tertiary/aromatic N) is 5. The molecule has 10 nitrogen and oxygen atoms in total. The summed E-state index contributed by atoms with van der Waals surface area (Å²) in [5.41, 5.74) is 7.86. The van der Waals surface area contributed by atoms with E-state index in [1.807, 2.05) is 6.92 Å². The summed E-state index contributed by atoms with van der Waals surface area (Å²) >= 11 is 0. The van der Waals surface area contributed by atoms with Gasteiger partial charge in [-0.15, -0.1) is 0 Å². The zero-order chi connectivity index (χ0) is 30.6. The Morgan fingerprint density at radius 3 is 2.45 bits per heavy atom. The van der Waals surface area contributed by atoms with Gasteiger partial charge < -0.3 is 15.4 Å². The number of azide groups is 1. The van der Waals surface area contributed by atoms with E-state index in [1.54, 1.807) is 33.0 Å². The van der Waals surface area contributed by atoms with Gasteiger partial charge >= 0.3 is 6.09 Å². The molecular weight excluding hydrogens is 551 g/mol. The number of carbonyl (C=O) groups excluding carboxylic acids is 2. The van der Waals surface area contributed by atoms with Gasteiger partial charge in [0.1, 0.15) is 34.4 Å². The number of rotatable bonds is 6. The third-order valence-corrected chi connectivity index (χ3v) is 6.90. The van der Waals surface area contributed by atoms with Crippen LogP contribution in [0.15, 0.2) is 53.9 Å². The van der Waals surface area contributed by atoms with Gasteiger partial charge in [-0.1, -0.05) is 18.1 Å². The van der Waals surface area contributed by atoms with Crippen molar-refractivity contribution >= 4 is 17.7 Å². The smallest absolute Gasteiger partial charge is 0.407 e. The van der Waals surface area contributed by atoms with E-state index in [9.17, 15) is 22.8 Å². The summed E-state index contributed by atoms with van der Waals surface area (Å²) in [5, 5.41) is 9.47. The molecule has 2 N–H and O–H groups in total. The van der Waals surface area contributed by atoms with E-state index < -0.39 is 58.4 Å². The van der Waals surface area contributed by atoms with Gasteiger partial charge in [0.05, 0.1) is 23.5 Å². The summed E-state index contributed by atoms with van der Waals surface area (Å²) in [6.07, 6.45) is 3.28. The minimum absolute atomic E-state index is 0.145. The third kappa shape index (κ3) is 6.98. The molecule has 0 bridgehead atoms. The number of carbonyl (C=O) groups is 2. The molecule has 4 rings (SSSR count). The van der Waals surface area contributed by atoms with Crippen molar-refractivity contribution in [3.8, 4) is 11.3 Å². The number of nitrogens with one attached hydrogen (secondary N) is 2. The standard InChI is InChI=1S/C29H30F3N7O3/c1-15-12-16(13-22(25(15)38-39-33)37-28(41)42-29(2,3)4)17-10-11-34-14-23(17)36-27(40)21-9-8-20(32)26(35-21)24-18(30)6-5-7-19(24)31/h5-11,14-16,22,25H,12-13H2,1-4H3,(H,36,40)(H,37,41)/t15-,16+,22+,25-/m1/s1. The number of halogens is 3. The monoisotopic (exact) mass is 581 g/mol. The maximum atomic E-state index is 14.5. The van der Waals surface area contributed by atoms with Crippen LogP contribution in [0.4, 0.5) is 23.7 Å². The molecule has 0 saturated heterocycles. The Hall–Kier alpha value is -4.64. The average Bonchev–Trinajstić information content (AvgIpc) is 2.90. The summed E-state index contributed by atoms with van der Waals surface area (Å²) in [4.78, 5) is 36.8. The Balaban J connectivity index is 1.60. The second-order valence-corrected chi connectivity index (χ2v) is 11.1. The summed E-state index contributed by atoms with van der Waals surface area (Å²) in [6, 6.07) is 5.74. The molecule has 2 heterocycles. The summed E-state index contributed by atoms with van der Waals surface area (Å²) in [5.74, 6) is -4.13. The van der Waals surface area contributed by atoms with Crippen LogP contribution in [-0.2, 0) is 4.74 Å². The van der Waals surface area contributed by atoms with Crippen LogP contribution in [0.3, 0.4) is 0 Å². The van der Waals surface area contributed by atoms with Gasteiger partial charge in [-0.05, 0) is 86.9 Å². The van der Waals surface area contributed by atoms with E-state index in [0.717, 1.165) is 30.3 Å². The van der Waals surface area contributed by atoms with E-state index in [0.29, 0.717) is 24.1 Å². The number of pyridine rings is 2. The Labute approximate surface area is 240 Å². The number of anilines is 1. The van der Waals surface area contributed by atoms with Crippen molar-refractivity contribution in [2.75, 3.05) is 5.32 Å². The number of hydrogen-bond acceptors (Lipinski definition) is 6. The van der Waals surface area contributed by atoms with Crippen molar-refractivity contribution in [1.82, 2.24) is 15.3 Å². The Morgan fingerprint density at radius 2 is 1.79 bits per heavy atom. The lowest BCUT2D eigenvalue weighted by atomic mass is 9.73. The molecule has 42 heavy (non-hydrogen) atoms. The van der Waals surface area contributed by atoms with Gasteiger partial charge in [-0.3, -0.25) is 9.78 Å². The van der Waals surface area contributed by atoms with Gasteiger partial charge in [0.25, 0.3) is 5.91 Å². The van der Waals surface area contributed by atoms with Crippen LogP contribution in [0, 0.1) is 23.4 Å². The maximum Gasteiger partial charge on any atom is 0.407 e. The Bertz CT molecular complexity index is 1520. The van der Waals surface area contributed by atoms with Crippen LogP contribution in [-0.4, -0.2) is 39.7 Å². The highest BCUT2D eigenvalue weighted by Crippen LogP contribution is 2.40. The molecule has 3 aromatic rings. The molecular formula is C29H30F3N7O3. The van der Waals surface area contributed by atoms with E-state index in [1.165, 1.54) is 6.20 Å². The highest BCUT2D eigenvalue weighted by Gasteiger charge is 2.38. The quantitative estimate of drug-likeness (QED) is 0.185. The summed E-state index contributed by atoms with van der Waals surface area (Å²) in [6.45, 7) is 7.12. The number of benzene rings is 1. The lowest BCUT2D eigenvalue weighted by Gasteiger charge is -2.39. The third-order valence-electron chi connectivity index (χ3n) is 6.90. The molecule has 0 aliphatic heterocycles. The molecule has 0 spiro atoms. The summed E-state index contributed by atoms with van der Waals surface area (Å²) in [7, 11) is 0. The van der Waals surface area contributed by atoms with Crippen molar-refractivity contribution in [3.05, 3.63) is 87.9 Å². The van der Waals surface area contributed by atoms with Crippen molar-refractivity contribution in [2.45, 2.75) is 64.1 Å². The molecule has 13 heteroatoms. The van der Waals surface area contributed by atoms with Crippen LogP contribution in [0.5, 0.6) is 0 Å². The molecule has 0 radical (unpaired) electrons. The highest BCUT2D eigenvalue weighted by atomic mass is 19.1. The highest BCUT2D eigenvalue weighted by molar-refractivity contribution is 6.03. The molecule has 1 saturated carbocycles. The predicted molar refractivity (Wildman–Crippen MR) is 149 cm³/mol. The first-order valence-corrected chi connectivity index (χ1v) is 13.3. The molecule has 4 atom stereocenters. The number of amides is 2. The fraction of sp³-hybridized carbons (Fsp3) is 0.379. The molecule has 1 aromatic carbocycles. The first kappa shape index (κ1) is 30.3. The molecule has 1 aliphatic carbocycles. The van der Waals surface area contributed by atoms with Crippen LogP contribution < -0.4 is 10.6 Å². The molecule has 2 amide bonds. The van der Waals surface area contributed by atoms with Crippen molar-refractivity contribution in [1.29, 1.82) is 0 Å². The van der Waals surface area contributed by atoms with Crippen LogP contribution in [0.25, 0.3) is 21.7 Å². The first-order valence-electron chi connectivity index (χ1n) is 13.3. The molecule has 1 fully saturated rings. The van der Waals surface area contributed by atoms with Gasteiger partial charge in [-0.2, -0.15) is 0 Å². The van der Waals surface area contributed by atoms with Crippen molar-refractivity contribution in [2.24, 2.45) is 11.0 Å². The number of ether oxygens (including phenoxy) is 1. The van der Waals surface area contributed by atoms with E-state index in [4.69, 9.17) is 10.3 Å². The minimum atomic E-state index is -1.02. The predicted octanol–water partition coefficient (Wildman–Crippen LogP) is 6.90. The van der Waals surface area contributed by atoms with E-state index >= 15 is 0 Å². The number of hydrogen-bond donors (Lipinski definition) is 2. The number of alkyl carbamates (subject to hydrolysis) is 1. The van der Waals surface area contributed by atoms with Crippen molar-refractivity contribution in [3.63, 3.8) is 0 Å². The van der Waals surface area contributed by atoms with Crippen LogP contribution in [0.2, 0.25) is 0 Å². The Morgan fingerprint density at radius 1 is 1.07 bits per heavy atom. The lowest BCUT2D eigenvalue weighted by Crippen LogP contribution is -2.50. The number of aromatic nitrogens is 2. The summed E-state index contributed by atoms with van der Waals surface area (Å²) < 4.78 is 48.6. The maximum absolute atomic E-state index is 14.5. The second-order valence-electron chi connectivity index (χ2n) is 11.1. The fourth-order valence-electron chi connectivity index (χ4n) is 5.16. The zero-order valence-corrected chi connectivity index (χ0v) is 23.4. The van der Waals surface area contributed by atoms with Crippen molar-refractivity contribution < 1.29 is 27.5 Å². The fourth-order valence-corrected chi connectivity index (χ4v) is 5.16. The van der Waals surface area contributed by atoms with Gasteiger partial charge in [-0.25, -0.2) is 22.9 Å². The van der Waals surface area contributed by atoms with Gasteiger partial charge in [0.2, 0.25) is 0 Å². The van der Waals surface area contributed by atoms with Crippen LogP contribution in [0.1, 0.15) is 62.5 Å². The SMILES string of the molecule is C[C@@H]1C[C@H](c2ccncc2NC(=O)c2ccc(F)c(-c3c(F)cccc3F)n2)C[C@H](NC(=O)OC(C)(C)C)[C@@H]1N=[N+]=[N-]. The second kappa shape index (κ2) is 12.5. The lowest BCUT2D eigenvalue weighted by molar-refractivity contribution is 0.0470. The van der Waals surface area contributed by atoms with Gasteiger partial charge in [0, 0.05) is 17.2 Å². The molecule has 220 valence electrons. The normalized spacial score (nSPS) is 20.3. The topological polar surface area (TPSA) is 142 Å². The molecule has 0 unspecified atom stereocenters. The van der Waals surface area contributed by atoms with Crippen LogP contribution >= 0.6 is 0 Å².